The third kappa shape index (κ3) is 3.70. The quantitative estimate of drug-likeness (QED) is 0.533. The Kier molecular flexibility index (Phi) is 6.91. The Morgan fingerprint density at radius 3 is 2.17 bits per heavy atom. The van der Waals surface area contributed by atoms with Crippen LogP contribution in [0.2, 0.25) is 0 Å². The van der Waals surface area contributed by atoms with E-state index in [1.165, 1.54) is 7.11 Å². The lowest BCUT2D eigenvalue weighted by atomic mass is 9.71. The molecule has 0 aliphatic rings. The average molecular weight is 260 g/mol. The Morgan fingerprint density at radius 2 is 1.83 bits per heavy atom. The number of rotatable bonds is 8. The second kappa shape index (κ2) is 7.36. The molecule has 0 bridgehead atoms. The van der Waals surface area contributed by atoms with Crippen LogP contribution in [0, 0.1) is 17.3 Å². The van der Waals surface area contributed by atoms with E-state index < -0.39 is 23.3 Å². The van der Waals surface area contributed by atoms with Crippen LogP contribution in [-0.4, -0.2) is 37.4 Å². The minimum atomic E-state index is -1.53. The monoisotopic (exact) mass is 260 g/mol. The standard InChI is InChI=1S/C13H24O5/c1-6-18-12(16)13(11(14)15,7-9(2)3)10(4)8-17-5/h9-10H,6-8H2,1-5H3,(H,14,15). The van der Waals surface area contributed by atoms with E-state index in [1.54, 1.807) is 13.8 Å². The van der Waals surface area contributed by atoms with Crippen molar-refractivity contribution >= 4 is 11.9 Å². The van der Waals surface area contributed by atoms with E-state index in [0.717, 1.165) is 0 Å². The van der Waals surface area contributed by atoms with Gasteiger partial charge >= 0.3 is 11.9 Å². The first-order valence-electron chi connectivity index (χ1n) is 6.22. The zero-order valence-electron chi connectivity index (χ0n) is 11.9. The Labute approximate surface area is 108 Å². The fourth-order valence-electron chi connectivity index (χ4n) is 2.17. The van der Waals surface area contributed by atoms with E-state index in [-0.39, 0.29) is 25.6 Å². The number of carboxylic acids is 1. The van der Waals surface area contributed by atoms with Crippen molar-refractivity contribution < 1.29 is 24.2 Å². The van der Waals surface area contributed by atoms with Crippen molar-refractivity contribution in [2.45, 2.75) is 34.1 Å². The van der Waals surface area contributed by atoms with Crippen molar-refractivity contribution in [2.24, 2.45) is 17.3 Å². The van der Waals surface area contributed by atoms with Crippen LogP contribution in [0.25, 0.3) is 0 Å². The first kappa shape index (κ1) is 16.9. The molecule has 0 spiro atoms. The molecule has 0 radical (unpaired) electrons. The fourth-order valence-corrected chi connectivity index (χ4v) is 2.17. The van der Waals surface area contributed by atoms with E-state index in [2.05, 4.69) is 0 Å². The minimum Gasteiger partial charge on any atom is -0.480 e. The van der Waals surface area contributed by atoms with Crippen molar-refractivity contribution in [1.29, 1.82) is 0 Å². The Hall–Kier alpha value is -1.10. The summed E-state index contributed by atoms with van der Waals surface area (Å²) in [5, 5.41) is 9.51. The van der Waals surface area contributed by atoms with Crippen molar-refractivity contribution in [3.05, 3.63) is 0 Å². The summed E-state index contributed by atoms with van der Waals surface area (Å²) in [4.78, 5) is 23.7. The van der Waals surface area contributed by atoms with Crippen molar-refractivity contribution in [3.8, 4) is 0 Å². The molecule has 5 nitrogen and oxygen atoms in total. The summed E-state index contributed by atoms with van der Waals surface area (Å²) >= 11 is 0. The number of hydrogen-bond acceptors (Lipinski definition) is 4. The molecule has 0 aromatic rings. The second-order valence-corrected chi connectivity index (χ2v) is 4.95. The number of carbonyl (C=O) groups excluding carboxylic acids is 1. The second-order valence-electron chi connectivity index (χ2n) is 4.95. The number of esters is 1. The van der Waals surface area contributed by atoms with Crippen LogP contribution in [-0.2, 0) is 19.1 Å². The fraction of sp³-hybridized carbons (Fsp3) is 0.846. The summed E-state index contributed by atoms with van der Waals surface area (Å²) in [6.45, 7) is 7.52. The van der Waals surface area contributed by atoms with Crippen LogP contribution >= 0.6 is 0 Å². The molecule has 106 valence electrons. The van der Waals surface area contributed by atoms with E-state index >= 15 is 0 Å². The van der Waals surface area contributed by atoms with Gasteiger partial charge in [-0.1, -0.05) is 20.8 Å². The average Bonchev–Trinajstić information content (AvgIpc) is 2.25. The van der Waals surface area contributed by atoms with Crippen LogP contribution < -0.4 is 0 Å². The zero-order valence-corrected chi connectivity index (χ0v) is 11.9. The molecule has 0 aromatic heterocycles. The third-order valence-corrected chi connectivity index (χ3v) is 3.01. The van der Waals surface area contributed by atoms with Gasteiger partial charge < -0.3 is 14.6 Å². The summed E-state index contributed by atoms with van der Waals surface area (Å²) in [7, 11) is 1.49. The molecule has 5 heteroatoms. The van der Waals surface area contributed by atoms with E-state index in [1.807, 2.05) is 13.8 Å². The summed E-state index contributed by atoms with van der Waals surface area (Å²) in [6, 6.07) is 0. The van der Waals surface area contributed by atoms with Crippen LogP contribution in [0.1, 0.15) is 34.1 Å². The van der Waals surface area contributed by atoms with Crippen LogP contribution in [0.3, 0.4) is 0 Å². The third-order valence-electron chi connectivity index (χ3n) is 3.01. The molecule has 0 fully saturated rings. The summed E-state index contributed by atoms with van der Waals surface area (Å²) in [5.74, 6) is -2.18. The molecule has 0 amide bonds. The summed E-state index contributed by atoms with van der Waals surface area (Å²) in [6.07, 6.45) is 0.242. The molecule has 2 atom stereocenters. The molecule has 18 heavy (non-hydrogen) atoms. The first-order valence-corrected chi connectivity index (χ1v) is 6.22. The van der Waals surface area contributed by atoms with Crippen molar-refractivity contribution in [3.63, 3.8) is 0 Å². The van der Waals surface area contributed by atoms with Gasteiger partial charge in [-0.15, -0.1) is 0 Å². The van der Waals surface area contributed by atoms with Gasteiger partial charge in [0, 0.05) is 13.0 Å². The minimum absolute atomic E-state index is 0.0739. The highest BCUT2D eigenvalue weighted by molar-refractivity contribution is 5.99. The van der Waals surface area contributed by atoms with E-state index in [9.17, 15) is 14.7 Å². The molecule has 0 aliphatic heterocycles. The molecule has 1 N–H and O–H groups in total. The predicted molar refractivity (Wildman–Crippen MR) is 67.2 cm³/mol. The number of methoxy groups -OCH3 is 1. The largest absolute Gasteiger partial charge is 0.480 e. The van der Waals surface area contributed by atoms with Gasteiger partial charge in [0.15, 0.2) is 5.41 Å². The van der Waals surface area contributed by atoms with Gasteiger partial charge in [-0.2, -0.15) is 0 Å². The smallest absolute Gasteiger partial charge is 0.323 e. The number of carboxylic acid groups (broad SMARTS) is 1. The molecule has 0 rings (SSSR count). The van der Waals surface area contributed by atoms with Gasteiger partial charge in [-0.05, 0) is 19.3 Å². The molecule has 2 unspecified atom stereocenters. The summed E-state index contributed by atoms with van der Waals surface area (Å²) < 4.78 is 9.96. The maximum Gasteiger partial charge on any atom is 0.323 e. The van der Waals surface area contributed by atoms with E-state index in [0.29, 0.717) is 0 Å². The Balaban J connectivity index is 5.41. The maximum absolute atomic E-state index is 12.1. The predicted octanol–water partition coefficient (Wildman–Crippen LogP) is 1.95. The van der Waals surface area contributed by atoms with E-state index in [4.69, 9.17) is 9.47 Å². The molecule has 0 saturated carbocycles. The highest BCUT2D eigenvalue weighted by Crippen LogP contribution is 2.37. The van der Waals surface area contributed by atoms with Crippen molar-refractivity contribution in [2.75, 3.05) is 20.3 Å². The molecular formula is C13H24O5. The normalized spacial score (nSPS) is 16.1. The van der Waals surface area contributed by atoms with Crippen LogP contribution in [0.4, 0.5) is 0 Å². The van der Waals surface area contributed by atoms with Crippen LogP contribution in [0.15, 0.2) is 0 Å². The molecule has 0 saturated heterocycles. The molecule has 0 aliphatic carbocycles. The molecule has 0 heterocycles. The van der Waals surface area contributed by atoms with Gasteiger partial charge in [0.2, 0.25) is 0 Å². The van der Waals surface area contributed by atoms with Crippen LogP contribution in [0.5, 0.6) is 0 Å². The van der Waals surface area contributed by atoms with Gasteiger partial charge in [0.05, 0.1) is 13.2 Å². The van der Waals surface area contributed by atoms with Gasteiger partial charge in [-0.3, -0.25) is 9.59 Å². The first-order chi connectivity index (χ1) is 8.32. The number of carbonyl (C=O) groups is 2. The number of ether oxygens (including phenoxy) is 2. The van der Waals surface area contributed by atoms with Gasteiger partial charge in [-0.25, -0.2) is 0 Å². The molecular weight excluding hydrogens is 236 g/mol. The lowest BCUT2D eigenvalue weighted by molar-refractivity contribution is -0.176. The lowest BCUT2D eigenvalue weighted by Gasteiger charge is -2.33. The zero-order chi connectivity index (χ0) is 14.3. The summed E-state index contributed by atoms with van der Waals surface area (Å²) in [5.41, 5.74) is -1.53. The Morgan fingerprint density at radius 1 is 1.28 bits per heavy atom. The maximum atomic E-state index is 12.1. The Bertz CT molecular complexity index is 287. The van der Waals surface area contributed by atoms with Crippen molar-refractivity contribution in [1.82, 2.24) is 0 Å². The van der Waals surface area contributed by atoms with Gasteiger partial charge in [0.1, 0.15) is 0 Å². The topological polar surface area (TPSA) is 72.8 Å². The van der Waals surface area contributed by atoms with Gasteiger partial charge in [0.25, 0.3) is 0 Å². The molecule has 0 aromatic carbocycles. The number of hydrogen-bond donors (Lipinski definition) is 1. The number of aliphatic carboxylic acids is 1. The lowest BCUT2D eigenvalue weighted by Crippen LogP contribution is -2.48. The highest BCUT2D eigenvalue weighted by Gasteiger charge is 2.52. The SMILES string of the molecule is CCOC(=O)C(CC(C)C)(C(=O)O)C(C)COC. The highest BCUT2D eigenvalue weighted by atomic mass is 16.5.